The first-order chi connectivity index (χ1) is 13.7. The fourth-order valence-electron chi connectivity index (χ4n) is 2.74. The predicted molar refractivity (Wildman–Crippen MR) is 109 cm³/mol. The second-order valence-electron chi connectivity index (χ2n) is 6.45. The van der Waals surface area contributed by atoms with Crippen LogP contribution in [0.3, 0.4) is 0 Å². The molecule has 2 N–H and O–H groups in total. The Bertz CT molecular complexity index is 1070. The van der Waals surface area contributed by atoms with Crippen LogP contribution in [0.4, 0.5) is 11.4 Å². The molecule has 10 heteroatoms. The minimum Gasteiger partial charge on any atom is -0.378 e. The van der Waals surface area contributed by atoms with Crippen molar-refractivity contribution in [2.45, 2.75) is 4.90 Å². The predicted octanol–water partition coefficient (Wildman–Crippen LogP) is 2.28. The van der Waals surface area contributed by atoms with Gasteiger partial charge in [-0.3, -0.25) is 14.6 Å². The Morgan fingerprint density at radius 2 is 1.72 bits per heavy atom. The van der Waals surface area contributed by atoms with Crippen molar-refractivity contribution in [3.8, 4) is 0 Å². The van der Waals surface area contributed by atoms with Crippen molar-refractivity contribution in [2.24, 2.45) is 5.10 Å². The summed E-state index contributed by atoms with van der Waals surface area (Å²) in [5.41, 5.74) is 2.50. The van der Waals surface area contributed by atoms with E-state index in [1.807, 2.05) is 43.3 Å². The molecule has 0 saturated heterocycles. The van der Waals surface area contributed by atoms with Crippen LogP contribution in [-0.4, -0.2) is 50.5 Å². The fraction of sp³-hybridized carbons (Fsp3) is 0.158. The van der Waals surface area contributed by atoms with Crippen molar-refractivity contribution in [2.75, 3.05) is 30.6 Å². The van der Waals surface area contributed by atoms with E-state index in [1.54, 1.807) is 6.08 Å². The third kappa shape index (κ3) is 4.51. The van der Waals surface area contributed by atoms with E-state index in [2.05, 4.69) is 9.99 Å². The van der Waals surface area contributed by atoms with Crippen LogP contribution in [-0.2, 0) is 19.8 Å². The van der Waals surface area contributed by atoms with Crippen molar-refractivity contribution in [1.29, 1.82) is 0 Å². The zero-order valence-electron chi connectivity index (χ0n) is 15.7. The number of amides is 1. The van der Waals surface area contributed by atoms with E-state index in [1.165, 1.54) is 12.1 Å². The average molecular weight is 417 g/mol. The maximum Gasteiger partial charge on any atom is 0.294 e. The van der Waals surface area contributed by atoms with Gasteiger partial charge in [-0.05, 0) is 48.0 Å². The molecular formula is C19H19N3O6S. The number of anilines is 2. The molecule has 2 aromatic rings. The summed E-state index contributed by atoms with van der Waals surface area (Å²) in [6.45, 7) is -0.299. The van der Waals surface area contributed by atoms with Crippen LogP contribution < -0.4 is 9.91 Å². The summed E-state index contributed by atoms with van der Waals surface area (Å²) in [6, 6.07) is 12.5. The molecular weight excluding hydrogens is 398 g/mol. The van der Waals surface area contributed by atoms with Crippen LogP contribution >= 0.6 is 0 Å². The van der Waals surface area contributed by atoms with Gasteiger partial charge in [0.2, 0.25) is 0 Å². The molecule has 0 saturated carbocycles. The SMILES string of the molecule is CN(C)c1ccc(/C=C2\C(=O)N(c3ccc(S(=O)(=O)O)cc3)N=C2COO)cc1. The van der Waals surface area contributed by atoms with Crippen LogP contribution in [0, 0.1) is 0 Å². The number of hydrogen-bond acceptors (Lipinski definition) is 7. The monoisotopic (exact) mass is 417 g/mol. The normalized spacial score (nSPS) is 15.7. The van der Waals surface area contributed by atoms with Gasteiger partial charge in [0.05, 0.1) is 16.2 Å². The Labute approximate surface area is 167 Å². The van der Waals surface area contributed by atoms with Crippen molar-refractivity contribution in [3.05, 3.63) is 59.7 Å². The molecule has 0 aliphatic carbocycles. The van der Waals surface area contributed by atoms with Gasteiger partial charge in [-0.15, -0.1) is 0 Å². The molecule has 0 fully saturated rings. The molecule has 0 aromatic heterocycles. The van der Waals surface area contributed by atoms with Crippen molar-refractivity contribution in [1.82, 2.24) is 0 Å². The molecule has 29 heavy (non-hydrogen) atoms. The van der Waals surface area contributed by atoms with Crippen molar-refractivity contribution < 1.29 is 27.9 Å². The van der Waals surface area contributed by atoms with Crippen LogP contribution in [0.15, 0.2) is 64.1 Å². The summed E-state index contributed by atoms with van der Waals surface area (Å²) >= 11 is 0. The first kappa shape index (κ1) is 20.7. The second-order valence-corrected chi connectivity index (χ2v) is 7.87. The summed E-state index contributed by atoms with van der Waals surface area (Å²) in [4.78, 5) is 18.7. The second kappa shape index (κ2) is 8.13. The largest absolute Gasteiger partial charge is 0.378 e. The van der Waals surface area contributed by atoms with Crippen LogP contribution in [0.1, 0.15) is 5.56 Å². The summed E-state index contributed by atoms with van der Waals surface area (Å²) in [5, 5.41) is 14.1. The number of carbonyl (C=O) groups excluding carboxylic acids is 1. The van der Waals surface area contributed by atoms with Gasteiger partial charge in [0.15, 0.2) is 0 Å². The smallest absolute Gasteiger partial charge is 0.294 e. The van der Waals surface area contributed by atoms with E-state index in [-0.39, 0.29) is 22.8 Å². The van der Waals surface area contributed by atoms with Crippen LogP contribution in [0.25, 0.3) is 6.08 Å². The molecule has 0 spiro atoms. The lowest BCUT2D eigenvalue weighted by Crippen LogP contribution is -2.21. The lowest BCUT2D eigenvalue weighted by atomic mass is 10.1. The topological polar surface area (TPSA) is 120 Å². The lowest BCUT2D eigenvalue weighted by molar-refractivity contribution is -0.227. The van der Waals surface area contributed by atoms with Gasteiger partial charge in [0.1, 0.15) is 12.3 Å². The molecule has 152 valence electrons. The Morgan fingerprint density at radius 1 is 1.10 bits per heavy atom. The molecule has 2 aromatic carbocycles. The Morgan fingerprint density at radius 3 is 2.24 bits per heavy atom. The van der Waals surface area contributed by atoms with Gasteiger partial charge in [-0.25, -0.2) is 4.89 Å². The highest BCUT2D eigenvalue weighted by molar-refractivity contribution is 7.85. The van der Waals surface area contributed by atoms with E-state index in [0.29, 0.717) is 5.69 Å². The maximum absolute atomic E-state index is 12.9. The molecule has 3 rings (SSSR count). The summed E-state index contributed by atoms with van der Waals surface area (Å²) in [7, 11) is -0.506. The van der Waals surface area contributed by atoms with E-state index < -0.39 is 16.0 Å². The molecule has 0 unspecified atom stereocenters. The van der Waals surface area contributed by atoms with Gasteiger partial charge in [-0.2, -0.15) is 18.5 Å². The number of hydrazone groups is 1. The Balaban J connectivity index is 1.93. The third-order valence-electron chi connectivity index (χ3n) is 4.26. The molecule has 9 nitrogen and oxygen atoms in total. The fourth-order valence-corrected chi connectivity index (χ4v) is 3.22. The molecule has 1 heterocycles. The highest BCUT2D eigenvalue weighted by Crippen LogP contribution is 2.26. The minimum absolute atomic E-state index is 0.216. The standard InChI is InChI=1S/C19H19N3O6S/c1-21(2)14-5-3-13(4-6-14)11-17-18(12-28-24)20-22(19(17)23)15-7-9-16(10-8-15)29(25,26)27/h3-11,24H,12H2,1-2H3,(H,25,26,27)/b17-11-. The number of rotatable bonds is 6. The van der Waals surface area contributed by atoms with Gasteiger partial charge in [0.25, 0.3) is 16.0 Å². The summed E-state index contributed by atoms with van der Waals surface area (Å²) in [6.07, 6.45) is 1.63. The van der Waals surface area contributed by atoms with E-state index in [0.717, 1.165) is 28.4 Å². The maximum atomic E-state index is 12.9. The van der Waals surface area contributed by atoms with E-state index in [9.17, 15) is 13.2 Å². The molecule has 0 radical (unpaired) electrons. The van der Waals surface area contributed by atoms with E-state index >= 15 is 0 Å². The summed E-state index contributed by atoms with van der Waals surface area (Å²) < 4.78 is 31.4. The van der Waals surface area contributed by atoms with Gasteiger partial charge < -0.3 is 4.90 Å². The molecule has 1 amide bonds. The van der Waals surface area contributed by atoms with Gasteiger partial charge >= 0.3 is 0 Å². The number of carbonyl (C=O) groups is 1. The van der Waals surface area contributed by atoms with E-state index in [4.69, 9.17) is 9.81 Å². The zero-order valence-corrected chi connectivity index (χ0v) is 16.5. The quantitative estimate of drug-likeness (QED) is 0.320. The van der Waals surface area contributed by atoms with Gasteiger partial charge in [0, 0.05) is 19.8 Å². The summed E-state index contributed by atoms with van der Waals surface area (Å²) in [5.74, 6) is -0.464. The number of hydrogen-bond donors (Lipinski definition) is 2. The molecule has 0 atom stereocenters. The van der Waals surface area contributed by atoms with Crippen molar-refractivity contribution >= 4 is 39.2 Å². The third-order valence-corrected chi connectivity index (χ3v) is 5.12. The van der Waals surface area contributed by atoms with Crippen LogP contribution in [0.5, 0.6) is 0 Å². The molecule has 0 bridgehead atoms. The highest BCUT2D eigenvalue weighted by atomic mass is 32.2. The Kier molecular flexibility index (Phi) is 5.80. The average Bonchev–Trinajstić information content (AvgIpc) is 2.98. The Hall–Kier alpha value is -3.05. The lowest BCUT2D eigenvalue weighted by Gasteiger charge is -2.12. The number of benzene rings is 2. The van der Waals surface area contributed by atoms with Crippen molar-refractivity contribution in [3.63, 3.8) is 0 Å². The number of nitrogens with zero attached hydrogens (tertiary/aromatic N) is 3. The first-order valence-electron chi connectivity index (χ1n) is 8.46. The first-order valence-corrected chi connectivity index (χ1v) is 9.90. The molecule has 1 aliphatic heterocycles. The van der Waals surface area contributed by atoms with Gasteiger partial charge in [-0.1, -0.05) is 12.1 Å². The highest BCUT2D eigenvalue weighted by Gasteiger charge is 2.31. The minimum atomic E-state index is -4.34. The van der Waals surface area contributed by atoms with Crippen LogP contribution in [0.2, 0.25) is 0 Å². The zero-order chi connectivity index (χ0) is 21.2. The molecule has 1 aliphatic rings.